The highest BCUT2D eigenvalue weighted by molar-refractivity contribution is 5.91. The second-order valence-corrected chi connectivity index (χ2v) is 4.52. The Morgan fingerprint density at radius 1 is 1.17 bits per heavy atom. The van der Waals surface area contributed by atoms with Crippen LogP contribution >= 0.6 is 0 Å². The van der Waals surface area contributed by atoms with Crippen LogP contribution in [0.1, 0.15) is 32.8 Å². The Kier molecular flexibility index (Phi) is 3.51. The summed E-state index contributed by atoms with van der Waals surface area (Å²) in [7, 11) is 0. The molecule has 3 nitrogen and oxygen atoms in total. The topological polar surface area (TPSA) is 42.2 Å². The summed E-state index contributed by atoms with van der Waals surface area (Å²) in [5.74, 6) is 0.161. The molecule has 0 aliphatic carbocycles. The van der Waals surface area contributed by atoms with Crippen molar-refractivity contribution in [3.8, 4) is 0 Å². The second-order valence-electron chi connectivity index (χ2n) is 4.52. The molecule has 0 bridgehead atoms. The lowest BCUT2D eigenvalue weighted by Crippen LogP contribution is -2.22. The number of hydrogen-bond donors (Lipinski definition) is 1. The van der Waals surface area contributed by atoms with Crippen LogP contribution in [0, 0.1) is 20.8 Å². The molecule has 1 heterocycles. The van der Waals surface area contributed by atoms with Gasteiger partial charge in [0, 0.05) is 6.54 Å². The van der Waals surface area contributed by atoms with E-state index in [0.717, 1.165) is 5.56 Å². The van der Waals surface area contributed by atoms with E-state index in [1.807, 2.05) is 0 Å². The summed E-state index contributed by atoms with van der Waals surface area (Å²) >= 11 is 0. The molecular formula is C15H17NO2. The first-order valence-electron chi connectivity index (χ1n) is 5.96. The number of carbonyl (C=O) groups is 1. The highest BCUT2D eigenvalue weighted by Crippen LogP contribution is 2.15. The number of carbonyl (C=O) groups excluding carboxylic acids is 1. The van der Waals surface area contributed by atoms with E-state index >= 15 is 0 Å². The summed E-state index contributed by atoms with van der Waals surface area (Å²) in [5, 5.41) is 2.86. The lowest BCUT2D eigenvalue weighted by molar-refractivity contribution is 0.0923. The number of rotatable bonds is 3. The third-order valence-corrected chi connectivity index (χ3v) is 3.14. The van der Waals surface area contributed by atoms with E-state index in [1.54, 1.807) is 12.1 Å². The first kappa shape index (κ1) is 12.4. The molecule has 1 aromatic carbocycles. The summed E-state index contributed by atoms with van der Waals surface area (Å²) in [6, 6.07) is 7.62. The summed E-state index contributed by atoms with van der Waals surface area (Å²) in [4.78, 5) is 11.7. The van der Waals surface area contributed by atoms with Crippen LogP contribution in [0.5, 0.6) is 0 Å². The normalized spacial score (nSPS) is 10.4. The first-order chi connectivity index (χ1) is 8.58. The largest absolute Gasteiger partial charge is 0.459 e. The molecule has 1 N–H and O–H groups in total. The minimum atomic E-state index is -0.183. The van der Waals surface area contributed by atoms with Crippen molar-refractivity contribution >= 4 is 5.91 Å². The van der Waals surface area contributed by atoms with E-state index in [0.29, 0.717) is 12.3 Å². The molecule has 0 spiro atoms. The van der Waals surface area contributed by atoms with Gasteiger partial charge >= 0.3 is 0 Å². The van der Waals surface area contributed by atoms with E-state index in [2.05, 4.69) is 38.2 Å². The summed E-state index contributed by atoms with van der Waals surface area (Å²) in [6.07, 6.45) is 1.50. The van der Waals surface area contributed by atoms with Gasteiger partial charge < -0.3 is 9.73 Å². The van der Waals surface area contributed by atoms with Gasteiger partial charge in [-0.1, -0.05) is 12.1 Å². The quantitative estimate of drug-likeness (QED) is 0.899. The number of benzene rings is 1. The zero-order chi connectivity index (χ0) is 13.1. The number of nitrogens with one attached hydrogen (secondary N) is 1. The number of hydrogen-bond acceptors (Lipinski definition) is 2. The van der Waals surface area contributed by atoms with Gasteiger partial charge in [-0.05, 0) is 55.2 Å². The Hall–Kier alpha value is -2.03. The molecule has 0 aliphatic heterocycles. The van der Waals surface area contributed by atoms with Crippen molar-refractivity contribution in [3.05, 3.63) is 58.5 Å². The predicted octanol–water partition coefficient (Wildman–Crippen LogP) is 3.13. The number of amides is 1. The maximum atomic E-state index is 11.7. The van der Waals surface area contributed by atoms with Gasteiger partial charge in [0.2, 0.25) is 0 Å². The molecule has 1 aromatic heterocycles. The monoisotopic (exact) mass is 243 g/mol. The smallest absolute Gasteiger partial charge is 0.287 e. The first-order valence-corrected chi connectivity index (χ1v) is 5.96. The van der Waals surface area contributed by atoms with Crippen LogP contribution in [0.15, 0.2) is 34.9 Å². The fourth-order valence-electron chi connectivity index (χ4n) is 1.88. The third-order valence-electron chi connectivity index (χ3n) is 3.14. The molecular weight excluding hydrogens is 226 g/mol. The van der Waals surface area contributed by atoms with Crippen molar-refractivity contribution in [1.29, 1.82) is 0 Å². The summed E-state index contributed by atoms with van der Waals surface area (Å²) < 4.78 is 5.04. The van der Waals surface area contributed by atoms with Crippen LogP contribution in [-0.4, -0.2) is 5.91 Å². The van der Waals surface area contributed by atoms with E-state index in [9.17, 15) is 4.79 Å². The molecule has 0 aliphatic rings. The Morgan fingerprint density at radius 2 is 1.89 bits per heavy atom. The fraction of sp³-hybridized carbons (Fsp3) is 0.267. The Balaban J connectivity index is 2.07. The van der Waals surface area contributed by atoms with E-state index in [-0.39, 0.29) is 5.91 Å². The van der Waals surface area contributed by atoms with Crippen LogP contribution in [-0.2, 0) is 6.54 Å². The molecule has 3 heteroatoms. The van der Waals surface area contributed by atoms with Gasteiger partial charge in [0.1, 0.15) is 0 Å². The molecule has 0 fully saturated rings. The van der Waals surface area contributed by atoms with Crippen LogP contribution in [0.4, 0.5) is 0 Å². The highest BCUT2D eigenvalue weighted by atomic mass is 16.3. The molecule has 0 atom stereocenters. The van der Waals surface area contributed by atoms with E-state index < -0.39 is 0 Å². The molecule has 0 radical (unpaired) electrons. The van der Waals surface area contributed by atoms with Crippen molar-refractivity contribution < 1.29 is 9.21 Å². The zero-order valence-electron chi connectivity index (χ0n) is 10.9. The van der Waals surface area contributed by atoms with Crippen LogP contribution < -0.4 is 5.32 Å². The lowest BCUT2D eigenvalue weighted by atomic mass is 10.0. The van der Waals surface area contributed by atoms with Gasteiger partial charge in [0.05, 0.1) is 6.26 Å². The standard InChI is InChI=1S/C15H17NO2/c1-10-7-12(3)13(8-11(10)2)9-16-15(17)14-5-4-6-18-14/h4-8H,9H2,1-3H3,(H,16,17). The zero-order valence-corrected chi connectivity index (χ0v) is 10.9. The summed E-state index contributed by atoms with van der Waals surface area (Å²) in [5.41, 5.74) is 4.84. The molecule has 1 amide bonds. The van der Waals surface area contributed by atoms with Crippen LogP contribution in [0.2, 0.25) is 0 Å². The van der Waals surface area contributed by atoms with Gasteiger partial charge in [0.25, 0.3) is 5.91 Å². The van der Waals surface area contributed by atoms with E-state index in [4.69, 9.17) is 4.42 Å². The fourth-order valence-corrected chi connectivity index (χ4v) is 1.88. The minimum Gasteiger partial charge on any atom is -0.459 e. The number of furan rings is 1. The molecule has 94 valence electrons. The second kappa shape index (κ2) is 5.08. The van der Waals surface area contributed by atoms with Crippen molar-refractivity contribution in [3.63, 3.8) is 0 Å². The van der Waals surface area contributed by atoms with Crippen LogP contribution in [0.25, 0.3) is 0 Å². The molecule has 0 unspecified atom stereocenters. The van der Waals surface area contributed by atoms with Crippen LogP contribution in [0.3, 0.4) is 0 Å². The maximum Gasteiger partial charge on any atom is 0.287 e. The summed E-state index contributed by atoms with van der Waals surface area (Å²) in [6.45, 7) is 6.74. The maximum absolute atomic E-state index is 11.7. The van der Waals surface area contributed by atoms with E-state index in [1.165, 1.54) is 23.0 Å². The minimum absolute atomic E-state index is 0.183. The third kappa shape index (κ3) is 2.62. The lowest BCUT2D eigenvalue weighted by Gasteiger charge is -2.10. The average molecular weight is 243 g/mol. The van der Waals surface area contributed by atoms with Crippen molar-refractivity contribution in [2.24, 2.45) is 0 Å². The Labute approximate surface area is 107 Å². The molecule has 18 heavy (non-hydrogen) atoms. The molecule has 2 aromatic rings. The van der Waals surface area contributed by atoms with Gasteiger partial charge in [-0.2, -0.15) is 0 Å². The van der Waals surface area contributed by atoms with Crippen molar-refractivity contribution in [2.45, 2.75) is 27.3 Å². The number of aryl methyl sites for hydroxylation is 3. The Morgan fingerprint density at radius 3 is 2.56 bits per heavy atom. The molecule has 0 saturated heterocycles. The molecule has 0 saturated carbocycles. The van der Waals surface area contributed by atoms with Crippen molar-refractivity contribution in [1.82, 2.24) is 5.32 Å². The average Bonchev–Trinajstić information content (AvgIpc) is 2.85. The van der Waals surface area contributed by atoms with Crippen molar-refractivity contribution in [2.75, 3.05) is 0 Å². The Bertz CT molecular complexity index is 556. The molecule has 2 rings (SSSR count). The SMILES string of the molecule is Cc1cc(C)c(CNC(=O)c2ccco2)cc1C. The van der Waals surface area contributed by atoms with Gasteiger partial charge in [-0.15, -0.1) is 0 Å². The van der Waals surface area contributed by atoms with Gasteiger partial charge in [-0.25, -0.2) is 0 Å². The predicted molar refractivity (Wildman–Crippen MR) is 70.5 cm³/mol. The van der Waals surface area contributed by atoms with Gasteiger partial charge in [0.15, 0.2) is 5.76 Å². The highest BCUT2D eigenvalue weighted by Gasteiger charge is 2.09. The van der Waals surface area contributed by atoms with Gasteiger partial charge in [-0.3, -0.25) is 4.79 Å².